The van der Waals surface area contributed by atoms with Gasteiger partial charge in [-0.25, -0.2) is 14.3 Å². The second-order valence-corrected chi connectivity index (χ2v) is 8.10. The highest BCUT2D eigenvalue weighted by Gasteiger charge is 2.50. The van der Waals surface area contributed by atoms with Crippen molar-refractivity contribution in [1.29, 1.82) is 0 Å². The number of urea groups is 1. The number of carbonyl (C=O) groups is 2. The largest absolute Gasteiger partial charge is 0.408 e. The van der Waals surface area contributed by atoms with Gasteiger partial charge in [0.05, 0.1) is 6.20 Å². The van der Waals surface area contributed by atoms with E-state index in [1.165, 1.54) is 15.6 Å². The summed E-state index contributed by atoms with van der Waals surface area (Å²) in [5, 5.41) is 6.20. The van der Waals surface area contributed by atoms with Gasteiger partial charge in [0.25, 0.3) is 5.91 Å². The number of aromatic nitrogens is 3. The van der Waals surface area contributed by atoms with Gasteiger partial charge in [0.2, 0.25) is 0 Å². The van der Waals surface area contributed by atoms with Crippen molar-refractivity contribution in [2.75, 3.05) is 18.0 Å². The van der Waals surface area contributed by atoms with E-state index in [2.05, 4.69) is 15.4 Å². The summed E-state index contributed by atoms with van der Waals surface area (Å²) in [6, 6.07) is -0.376. The van der Waals surface area contributed by atoms with E-state index in [0.29, 0.717) is 37.4 Å². The van der Waals surface area contributed by atoms with Crippen molar-refractivity contribution >= 4 is 23.4 Å². The number of amides is 3. The molecule has 2 fully saturated rings. The molecule has 0 spiro atoms. The van der Waals surface area contributed by atoms with Crippen LogP contribution in [0.1, 0.15) is 42.7 Å². The van der Waals surface area contributed by atoms with Crippen LogP contribution in [0.3, 0.4) is 0 Å². The number of hydrogen-bond acceptors (Lipinski definition) is 4. The molecule has 0 radical (unpaired) electrons. The van der Waals surface area contributed by atoms with Gasteiger partial charge in [-0.15, -0.1) is 0 Å². The molecule has 3 heterocycles. The van der Waals surface area contributed by atoms with Gasteiger partial charge in [0.1, 0.15) is 17.4 Å². The highest BCUT2D eigenvalue weighted by atomic mass is 19.4. The van der Waals surface area contributed by atoms with Crippen molar-refractivity contribution < 1.29 is 22.8 Å². The molecule has 1 saturated carbocycles. The highest BCUT2D eigenvalue weighted by molar-refractivity contribution is 6.00. The van der Waals surface area contributed by atoms with Crippen molar-refractivity contribution in [3.8, 4) is 0 Å². The first-order valence-electron chi connectivity index (χ1n) is 9.89. The van der Waals surface area contributed by atoms with Gasteiger partial charge in [0, 0.05) is 30.9 Å². The van der Waals surface area contributed by atoms with E-state index in [9.17, 15) is 22.8 Å². The van der Waals surface area contributed by atoms with E-state index in [-0.39, 0.29) is 23.3 Å². The number of halogens is 3. The van der Waals surface area contributed by atoms with Gasteiger partial charge in [-0.3, -0.25) is 9.69 Å². The minimum atomic E-state index is -4.52. The molecule has 0 bridgehead atoms. The lowest BCUT2D eigenvalue weighted by Gasteiger charge is -2.22. The fraction of sp³-hybridized carbons (Fsp3) is 0.579. The van der Waals surface area contributed by atoms with Gasteiger partial charge in [0.15, 0.2) is 5.65 Å². The molecular weight excluding hydrogens is 401 g/mol. The number of carbonyl (C=O) groups excluding carboxylic acids is 2. The molecule has 1 N–H and O–H groups in total. The molecule has 2 aliphatic rings. The fourth-order valence-corrected chi connectivity index (χ4v) is 3.76. The number of fused-ring (bicyclic) bond motifs is 1. The Morgan fingerprint density at radius 3 is 2.53 bits per heavy atom. The van der Waals surface area contributed by atoms with E-state index >= 15 is 0 Å². The van der Waals surface area contributed by atoms with Crippen molar-refractivity contribution in [2.45, 2.75) is 51.9 Å². The topological polar surface area (TPSA) is 82.8 Å². The van der Waals surface area contributed by atoms with Crippen LogP contribution in [0, 0.1) is 12.8 Å². The van der Waals surface area contributed by atoms with E-state index in [4.69, 9.17) is 0 Å². The summed E-state index contributed by atoms with van der Waals surface area (Å²) in [4.78, 5) is 33.0. The maximum Gasteiger partial charge on any atom is 0.408 e. The first-order valence-corrected chi connectivity index (χ1v) is 9.89. The summed E-state index contributed by atoms with van der Waals surface area (Å²) in [6.07, 6.45) is -2.44. The molecule has 2 aromatic rings. The molecule has 1 aliphatic heterocycles. The smallest absolute Gasteiger partial charge is 0.340 e. The van der Waals surface area contributed by atoms with Crippen LogP contribution >= 0.6 is 0 Å². The number of alkyl halides is 3. The summed E-state index contributed by atoms with van der Waals surface area (Å²) >= 11 is 0. The van der Waals surface area contributed by atoms with Crippen LogP contribution < -0.4 is 10.2 Å². The van der Waals surface area contributed by atoms with E-state index < -0.39 is 24.0 Å². The van der Waals surface area contributed by atoms with Crippen molar-refractivity contribution in [1.82, 2.24) is 24.8 Å². The first-order chi connectivity index (χ1) is 14.1. The van der Waals surface area contributed by atoms with Crippen LogP contribution in [0.5, 0.6) is 0 Å². The first kappa shape index (κ1) is 20.4. The molecular formula is C19H23F3N6O2. The van der Waals surface area contributed by atoms with Gasteiger partial charge < -0.3 is 10.2 Å². The van der Waals surface area contributed by atoms with Crippen LogP contribution in [-0.4, -0.2) is 62.8 Å². The number of aryl methyl sites for hydroxylation is 1. The molecule has 1 saturated heterocycles. The Balaban J connectivity index is 1.66. The molecule has 0 unspecified atom stereocenters. The predicted molar refractivity (Wildman–Crippen MR) is 102 cm³/mol. The van der Waals surface area contributed by atoms with Crippen LogP contribution in [0.4, 0.5) is 23.8 Å². The summed E-state index contributed by atoms with van der Waals surface area (Å²) in [5.74, 6) is -1.12. The third kappa shape index (κ3) is 3.56. The average Bonchev–Trinajstić information content (AvgIpc) is 3.26. The van der Waals surface area contributed by atoms with E-state index in [0.717, 1.165) is 0 Å². The average molecular weight is 424 g/mol. The van der Waals surface area contributed by atoms with Gasteiger partial charge >= 0.3 is 12.2 Å². The van der Waals surface area contributed by atoms with E-state index in [1.807, 2.05) is 13.8 Å². The van der Waals surface area contributed by atoms with Crippen LogP contribution in [0.15, 0.2) is 12.3 Å². The molecule has 3 amide bonds. The third-order valence-corrected chi connectivity index (χ3v) is 5.55. The molecule has 0 aromatic carbocycles. The number of nitrogens with zero attached hydrogens (tertiary/aromatic N) is 5. The maximum atomic E-state index is 13.3. The lowest BCUT2D eigenvalue weighted by Crippen LogP contribution is -2.46. The molecule has 4 rings (SSSR count). The summed E-state index contributed by atoms with van der Waals surface area (Å²) < 4.78 is 41.3. The highest BCUT2D eigenvalue weighted by Crippen LogP contribution is 2.40. The van der Waals surface area contributed by atoms with Gasteiger partial charge in [-0.1, -0.05) is 0 Å². The normalized spacial score (nSPS) is 18.6. The third-order valence-electron chi connectivity index (χ3n) is 5.55. The minimum Gasteiger partial charge on any atom is -0.340 e. The number of anilines is 1. The zero-order valence-corrected chi connectivity index (χ0v) is 16.9. The molecule has 1 atom stereocenters. The summed E-state index contributed by atoms with van der Waals surface area (Å²) in [6.45, 7) is 6.55. The zero-order chi connectivity index (χ0) is 21.8. The second kappa shape index (κ2) is 7.13. The molecule has 8 nitrogen and oxygen atoms in total. The number of nitrogens with one attached hydrogen (secondary N) is 1. The monoisotopic (exact) mass is 424 g/mol. The Morgan fingerprint density at radius 2 is 1.97 bits per heavy atom. The number of rotatable bonds is 5. The Kier molecular flexibility index (Phi) is 4.86. The Hall–Kier alpha value is -2.85. The summed E-state index contributed by atoms with van der Waals surface area (Å²) in [7, 11) is 0. The van der Waals surface area contributed by atoms with Crippen LogP contribution in [0.25, 0.3) is 5.65 Å². The number of hydrogen-bond donors (Lipinski definition) is 1. The van der Waals surface area contributed by atoms with Crippen molar-refractivity contribution in [2.24, 2.45) is 5.92 Å². The predicted octanol–water partition coefficient (Wildman–Crippen LogP) is 2.76. The maximum absolute atomic E-state index is 13.3. The lowest BCUT2D eigenvalue weighted by atomic mass is 10.1. The van der Waals surface area contributed by atoms with Crippen LogP contribution in [0.2, 0.25) is 0 Å². The van der Waals surface area contributed by atoms with Gasteiger partial charge in [-0.05, 0) is 39.5 Å². The summed E-state index contributed by atoms with van der Waals surface area (Å²) in [5.41, 5.74) is 0.677. The zero-order valence-electron chi connectivity index (χ0n) is 16.9. The Bertz CT molecular complexity index is 998. The lowest BCUT2D eigenvalue weighted by molar-refractivity contribution is -0.158. The molecule has 2 aromatic heterocycles. The fourth-order valence-electron chi connectivity index (χ4n) is 3.76. The van der Waals surface area contributed by atoms with E-state index in [1.54, 1.807) is 17.9 Å². The minimum absolute atomic E-state index is 0.0327. The molecule has 1 aliphatic carbocycles. The molecule has 11 heteroatoms. The Morgan fingerprint density at radius 1 is 1.27 bits per heavy atom. The van der Waals surface area contributed by atoms with Crippen molar-refractivity contribution in [3.05, 3.63) is 23.5 Å². The molecule has 30 heavy (non-hydrogen) atoms. The molecule has 162 valence electrons. The quantitative estimate of drug-likeness (QED) is 0.800. The second-order valence-electron chi connectivity index (χ2n) is 8.10. The van der Waals surface area contributed by atoms with Crippen LogP contribution in [-0.2, 0) is 0 Å². The van der Waals surface area contributed by atoms with Crippen molar-refractivity contribution in [3.63, 3.8) is 0 Å². The van der Waals surface area contributed by atoms with Gasteiger partial charge in [-0.2, -0.15) is 18.3 Å². The SMILES string of the molecule is Cc1cc(N2CCN(C(C)C)C2=O)nc2c(C(=O)N[C@H](C3CC3)C(F)(F)F)cnn12. The Labute approximate surface area is 171 Å². The standard InChI is InChI=1S/C19H23F3N6O2/c1-10(2)26-6-7-27(18(26)30)14-8-11(3)28-16(24-14)13(9-23-28)17(29)25-15(12-4-5-12)19(20,21)22/h8-10,12,15H,4-7H2,1-3H3,(H,25,29)/t15-/m1/s1.